The van der Waals surface area contributed by atoms with Crippen molar-refractivity contribution in [3.05, 3.63) is 95.8 Å². The van der Waals surface area contributed by atoms with Crippen LogP contribution < -0.4 is 9.62 Å². The highest BCUT2D eigenvalue weighted by Crippen LogP contribution is 2.27. The van der Waals surface area contributed by atoms with Crippen molar-refractivity contribution >= 4 is 27.5 Å². The van der Waals surface area contributed by atoms with Crippen molar-refractivity contribution < 1.29 is 22.4 Å². The maximum Gasteiger partial charge on any atom is 0.264 e. The van der Waals surface area contributed by atoms with Crippen LogP contribution in [0.2, 0.25) is 0 Å². The van der Waals surface area contributed by atoms with Crippen molar-refractivity contribution in [3.63, 3.8) is 0 Å². The number of nitrogens with zero attached hydrogens (tertiary/aromatic N) is 2. The average molecular weight is 608 g/mol. The first-order valence-electron chi connectivity index (χ1n) is 15.1. The van der Waals surface area contributed by atoms with Crippen LogP contribution in [0.3, 0.4) is 0 Å². The largest absolute Gasteiger partial charge is 0.352 e. The van der Waals surface area contributed by atoms with Gasteiger partial charge in [0.05, 0.1) is 10.6 Å². The summed E-state index contributed by atoms with van der Waals surface area (Å²) in [6, 6.07) is 20.1. The molecule has 3 aromatic rings. The van der Waals surface area contributed by atoms with E-state index < -0.39 is 34.3 Å². The molecule has 1 N–H and O–H groups in total. The summed E-state index contributed by atoms with van der Waals surface area (Å²) >= 11 is 0. The first-order chi connectivity index (χ1) is 20.6. The summed E-state index contributed by atoms with van der Waals surface area (Å²) in [5, 5.41) is 3.13. The molecule has 2 amide bonds. The van der Waals surface area contributed by atoms with Crippen LogP contribution in [0.5, 0.6) is 0 Å². The lowest BCUT2D eigenvalue weighted by molar-refractivity contribution is -0.140. The van der Waals surface area contributed by atoms with Crippen molar-refractivity contribution in [3.8, 4) is 0 Å². The van der Waals surface area contributed by atoms with Gasteiger partial charge in [0, 0.05) is 12.6 Å². The van der Waals surface area contributed by atoms with Crippen molar-refractivity contribution in [2.75, 3.05) is 10.8 Å². The van der Waals surface area contributed by atoms with Crippen LogP contribution in [-0.4, -0.2) is 43.8 Å². The Morgan fingerprint density at radius 2 is 1.53 bits per heavy atom. The Kier molecular flexibility index (Phi) is 11.0. The number of carbonyl (C=O) groups excluding carboxylic acids is 2. The van der Waals surface area contributed by atoms with Gasteiger partial charge in [0.25, 0.3) is 10.0 Å². The van der Waals surface area contributed by atoms with Crippen LogP contribution in [0, 0.1) is 5.82 Å². The van der Waals surface area contributed by atoms with Gasteiger partial charge in [-0.2, -0.15) is 0 Å². The number of sulfonamides is 1. The third-order valence-electron chi connectivity index (χ3n) is 8.06. The minimum absolute atomic E-state index is 0.0290. The molecule has 0 saturated heterocycles. The fraction of sp³-hybridized carbons (Fsp3) is 0.412. The van der Waals surface area contributed by atoms with Crippen LogP contribution >= 0.6 is 0 Å². The van der Waals surface area contributed by atoms with Crippen LogP contribution in [0.25, 0.3) is 0 Å². The van der Waals surface area contributed by atoms with Crippen LogP contribution in [-0.2, 0) is 26.2 Å². The molecule has 4 rings (SSSR count). The van der Waals surface area contributed by atoms with E-state index in [9.17, 15) is 22.4 Å². The summed E-state index contributed by atoms with van der Waals surface area (Å²) in [7, 11) is -4.13. The molecule has 0 heterocycles. The fourth-order valence-electron chi connectivity index (χ4n) is 5.52. The fourth-order valence-corrected chi connectivity index (χ4v) is 6.96. The lowest BCUT2D eigenvalue weighted by Gasteiger charge is -2.34. The van der Waals surface area contributed by atoms with Gasteiger partial charge in [-0.25, -0.2) is 12.8 Å². The molecule has 0 radical (unpaired) electrons. The van der Waals surface area contributed by atoms with Gasteiger partial charge in [-0.15, -0.1) is 0 Å². The Balaban J connectivity index is 1.70. The van der Waals surface area contributed by atoms with Gasteiger partial charge in [-0.1, -0.05) is 82.5 Å². The van der Waals surface area contributed by atoms with Gasteiger partial charge in [0.1, 0.15) is 18.4 Å². The van der Waals surface area contributed by atoms with E-state index in [0.29, 0.717) is 17.7 Å². The SMILES string of the molecule is CC[C@@H](C(=O)NC1CCCCC1)N(Cc1ccc(F)cc1)C(=O)CN(c1ccc(C(C)C)cc1)S(=O)(=O)c1ccccc1. The molecule has 1 aliphatic carbocycles. The second-order valence-electron chi connectivity index (χ2n) is 11.5. The molecule has 0 spiro atoms. The zero-order valence-electron chi connectivity index (χ0n) is 25.2. The Bertz CT molecular complexity index is 1460. The van der Waals surface area contributed by atoms with Crippen molar-refractivity contribution in [1.82, 2.24) is 10.2 Å². The van der Waals surface area contributed by atoms with E-state index in [0.717, 1.165) is 42.0 Å². The topological polar surface area (TPSA) is 86.8 Å². The summed E-state index contributed by atoms with van der Waals surface area (Å²) in [6.07, 6.45) is 5.35. The Morgan fingerprint density at radius 3 is 2.12 bits per heavy atom. The molecule has 1 saturated carbocycles. The molecule has 0 unspecified atom stereocenters. The van der Waals surface area contributed by atoms with Gasteiger partial charge in [0.2, 0.25) is 11.8 Å². The predicted octanol–water partition coefficient (Wildman–Crippen LogP) is 6.40. The average Bonchev–Trinajstić information content (AvgIpc) is 3.01. The normalized spacial score (nSPS) is 14.7. The zero-order chi connectivity index (χ0) is 31.0. The van der Waals surface area contributed by atoms with E-state index in [4.69, 9.17) is 0 Å². The quantitative estimate of drug-likeness (QED) is 0.258. The zero-order valence-corrected chi connectivity index (χ0v) is 26.0. The second kappa shape index (κ2) is 14.6. The smallest absolute Gasteiger partial charge is 0.264 e. The summed E-state index contributed by atoms with van der Waals surface area (Å²) in [5.74, 6) is -0.950. The summed E-state index contributed by atoms with van der Waals surface area (Å²) < 4.78 is 42.8. The summed E-state index contributed by atoms with van der Waals surface area (Å²) in [6.45, 7) is 5.45. The second-order valence-corrected chi connectivity index (χ2v) is 13.3. The number of halogens is 1. The lowest BCUT2D eigenvalue weighted by atomic mass is 9.95. The number of hydrogen-bond acceptors (Lipinski definition) is 4. The molecule has 1 aliphatic rings. The number of benzene rings is 3. The van der Waals surface area contributed by atoms with E-state index in [1.165, 1.54) is 29.2 Å². The van der Waals surface area contributed by atoms with E-state index >= 15 is 0 Å². The van der Waals surface area contributed by atoms with E-state index in [2.05, 4.69) is 5.32 Å². The highest BCUT2D eigenvalue weighted by atomic mass is 32.2. The first-order valence-corrected chi connectivity index (χ1v) is 16.6. The lowest BCUT2D eigenvalue weighted by Crippen LogP contribution is -2.54. The number of amides is 2. The molecular weight excluding hydrogens is 565 g/mol. The number of anilines is 1. The number of rotatable bonds is 12. The molecule has 0 aromatic heterocycles. The molecule has 0 aliphatic heterocycles. The Hall–Kier alpha value is -3.72. The first kappa shape index (κ1) is 32.2. The maximum absolute atomic E-state index is 14.2. The van der Waals surface area contributed by atoms with Crippen molar-refractivity contribution in [1.29, 1.82) is 0 Å². The minimum Gasteiger partial charge on any atom is -0.352 e. The molecule has 9 heteroatoms. The number of carbonyl (C=O) groups is 2. The number of hydrogen-bond donors (Lipinski definition) is 1. The molecule has 1 fully saturated rings. The van der Waals surface area contributed by atoms with Crippen molar-refractivity contribution in [2.45, 2.75) is 88.7 Å². The molecule has 0 bridgehead atoms. The van der Waals surface area contributed by atoms with Gasteiger partial charge in [-0.05, 0) is 72.7 Å². The third kappa shape index (κ3) is 8.22. The highest BCUT2D eigenvalue weighted by molar-refractivity contribution is 7.92. The highest BCUT2D eigenvalue weighted by Gasteiger charge is 2.34. The molecule has 7 nitrogen and oxygen atoms in total. The van der Waals surface area contributed by atoms with Crippen LogP contribution in [0.15, 0.2) is 83.8 Å². The summed E-state index contributed by atoms with van der Waals surface area (Å²) in [5.41, 5.74) is 2.02. The predicted molar refractivity (Wildman–Crippen MR) is 168 cm³/mol. The molecule has 230 valence electrons. The van der Waals surface area contributed by atoms with Crippen LogP contribution in [0.4, 0.5) is 10.1 Å². The Morgan fingerprint density at radius 1 is 0.907 bits per heavy atom. The van der Waals surface area contributed by atoms with E-state index in [-0.39, 0.29) is 29.3 Å². The molecular formula is C34H42FN3O4S. The monoisotopic (exact) mass is 607 g/mol. The van der Waals surface area contributed by atoms with Gasteiger partial charge < -0.3 is 10.2 Å². The molecule has 1 atom stereocenters. The molecule has 43 heavy (non-hydrogen) atoms. The van der Waals surface area contributed by atoms with E-state index in [1.54, 1.807) is 42.5 Å². The Labute approximate surface area is 255 Å². The standard InChI is InChI=1S/C34H42FN3O4S/c1-4-32(34(40)36-29-11-7-5-8-12-29)37(23-26-15-19-28(35)20-16-26)33(39)24-38(30-21-17-27(18-22-30)25(2)3)43(41,42)31-13-9-6-10-14-31/h6,9-10,13-22,25,29,32H,4-5,7-8,11-12,23-24H2,1-3H3,(H,36,40)/t32-/m0/s1. The molecule has 3 aromatic carbocycles. The third-order valence-corrected chi connectivity index (χ3v) is 9.85. The van der Waals surface area contributed by atoms with Gasteiger partial charge >= 0.3 is 0 Å². The number of nitrogens with one attached hydrogen (secondary N) is 1. The van der Waals surface area contributed by atoms with Crippen molar-refractivity contribution in [2.24, 2.45) is 0 Å². The summed E-state index contributed by atoms with van der Waals surface area (Å²) in [4.78, 5) is 29.3. The maximum atomic E-state index is 14.2. The van der Waals surface area contributed by atoms with Gasteiger partial charge in [-0.3, -0.25) is 13.9 Å². The minimum atomic E-state index is -4.13. The van der Waals surface area contributed by atoms with Crippen LogP contribution in [0.1, 0.15) is 76.3 Å². The van der Waals surface area contributed by atoms with Gasteiger partial charge in [0.15, 0.2) is 0 Å². The van der Waals surface area contributed by atoms with E-state index in [1.807, 2.05) is 32.9 Å².